The Morgan fingerprint density at radius 2 is 0.944 bits per heavy atom. The molecular formula is C16H22N2+2. The Bertz CT molecular complexity index is 408. The summed E-state index contributed by atoms with van der Waals surface area (Å²) in [4.78, 5) is 0. The fourth-order valence-electron chi connectivity index (χ4n) is 2.56. The second-order valence-electron chi connectivity index (χ2n) is 4.54. The molecule has 0 aliphatic heterocycles. The molecule has 2 heteroatoms. The van der Waals surface area contributed by atoms with Crippen LogP contribution in [-0.2, 0) is 0 Å². The van der Waals surface area contributed by atoms with Crippen LogP contribution in [0.3, 0.4) is 0 Å². The van der Waals surface area contributed by atoms with Crippen LogP contribution in [0.15, 0.2) is 60.7 Å². The quantitative estimate of drug-likeness (QED) is 0.779. The zero-order chi connectivity index (χ0) is 12.8. The van der Waals surface area contributed by atoms with E-state index in [1.165, 1.54) is 11.1 Å². The lowest BCUT2D eigenvalue weighted by Gasteiger charge is -2.21. The fraction of sp³-hybridized carbons (Fsp3) is 0.250. The number of rotatable bonds is 5. The van der Waals surface area contributed by atoms with Gasteiger partial charge in [0, 0.05) is 11.1 Å². The average Bonchev–Trinajstić information content (AvgIpc) is 2.46. The van der Waals surface area contributed by atoms with Crippen LogP contribution in [0.5, 0.6) is 0 Å². The molecule has 0 aromatic heterocycles. The first kappa shape index (κ1) is 12.8. The zero-order valence-electron chi connectivity index (χ0n) is 11.1. The van der Waals surface area contributed by atoms with Crippen molar-refractivity contribution in [2.24, 2.45) is 0 Å². The number of nitrogens with two attached hydrogens (primary N) is 2. The summed E-state index contributed by atoms with van der Waals surface area (Å²) in [5.74, 6) is 0. The van der Waals surface area contributed by atoms with Crippen LogP contribution in [0, 0.1) is 0 Å². The highest BCUT2D eigenvalue weighted by Gasteiger charge is 2.28. The number of hydrogen-bond acceptors (Lipinski definition) is 0. The third-order valence-electron chi connectivity index (χ3n) is 3.47. The molecule has 2 aromatic rings. The van der Waals surface area contributed by atoms with Crippen molar-refractivity contribution < 1.29 is 10.6 Å². The third-order valence-corrected chi connectivity index (χ3v) is 3.47. The van der Waals surface area contributed by atoms with Gasteiger partial charge in [0.1, 0.15) is 0 Å². The molecule has 0 radical (unpaired) electrons. The Balaban J connectivity index is 2.31. The average molecular weight is 242 g/mol. The number of quaternary nitrogens is 2. The second-order valence-corrected chi connectivity index (χ2v) is 4.54. The van der Waals surface area contributed by atoms with E-state index in [2.05, 4.69) is 85.4 Å². The van der Waals surface area contributed by atoms with Crippen LogP contribution in [0.4, 0.5) is 0 Å². The molecule has 2 nitrogen and oxygen atoms in total. The molecule has 0 saturated carbocycles. The van der Waals surface area contributed by atoms with Gasteiger partial charge in [-0.15, -0.1) is 0 Å². The van der Waals surface area contributed by atoms with Gasteiger partial charge in [-0.05, 0) is 0 Å². The fourth-order valence-corrected chi connectivity index (χ4v) is 2.56. The monoisotopic (exact) mass is 242 g/mol. The van der Waals surface area contributed by atoms with Crippen molar-refractivity contribution in [1.29, 1.82) is 0 Å². The molecule has 0 aliphatic rings. The largest absolute Gasteiger partial charge is 0.337 e. The Kier molecular flexibility index (Phi) is 4.51. The highest BCUT2D eigenvalue weighted by Crippen LogP contribution is 2.21. The molecule has 2 rings (SSSR count). The Hall–Kier alpha value is -1.64. The van der Waals surface area contributed by atoms with Crippen molar-refractivity contribution in [3.8, 4) is 0 Å². The highest BCUT2D eigenvalue weighted by molar-refractivity contribution is 5.24. The van der Waals surface area contributed by atoms with Gasteiger partial charge in [-0.1, -0.05) is 60.7 Å². The maximum atomic E-state index is 2.30. The lowest BCUT2D eigenvalue weighted by molar-refractivity contribution is -0.762. The number of hydrogen-bond donors (Lipinski definition) is 2. The predicted molar refractivity (Wildman–Crippen MR) is 74.1 cm³/mol. The van der Waals surface area contributed by atoms with E-state index in [1.54, 1.807) is 0 Å². The third kappa shape index (κ3) is 2.78. The smallest absolute Gasteiger partial charge is 0.168 e. The van der Waals surface area contributed by atoms with Crippen LogP contribution >= 0.6 is 0 Å². The van der Waals surface area contributed by atoms with E-state index in [1.807, 2.05) is 0 Å². The van der Waals surface area contributed by atoms with Crippen molar-refractivity contribution in [1.82, 2.24) is 0 Å². The van der Waals surface area contributed by atoms with E-state index < -0.39 is 0 Å². The van der Waals surface area contributed by atoms with Crippen molar-refractivity contribution in [3.63, 3.8) is 0 Å². The Labute approximate surface area is 109 Å². The van der Waals surface area contributed by atoms with Gasteiger partial charge in [-0.2, -0.15) is 0 Å². The first-order chi connectivity index (χ1) is 8.86. The van der Waals surface area contributed by atoms with Crippen LogP contribution < -0.4 is 10.6 Å². The van der Waals surface area contributed by atoms with Gasteiger partial charge in [0.05, 0.1) is 14.1 Å². The van der Waals surface area contributed by atoms with E-state index in [4.69, 9.17) is 0 Å². The minimum absolute atomic E-state index is 0.443. The summed E-state index contributed by atoms with van der Waals surface area (Å²) in [6.07, 6.45) is 0. The molecule has 4 N–H and O–H groups in total. The van der Waals surface area contributed by atoms with Gasteiger partial charge in [0.2, 0.25) is 0 Å². The SMILES string of the molecule is C[NH2+][C@@H](c1ccccc1)[C@@H]([NH2+]C)c1ccccc1. The number of benzene rings is 2. The van der Waals surface area contributed by atoms with Crippen molar-refractivity contribution in [2.45, 2.75) is 12.1 Å². The molecule has 0 heterocycles. The maximum Gasteiger partial charge on any atom is 0.168 e. The first-order valence-electron chi connectivity index (χ1n) is 6.55. The normalized spacial score (nSPS) is 14.1. The molecular weight excluding hydrogens is 220 g/mol. The summed E-state index contributed by atoms with van der Waals surface area (Å²) in [6, 6.07) is 22.3. The highest BCUT2D eigenvalue weighted by atomic mass is 15.0. The Morgan fingerprint density at radius 1 is 0.611 bits per heavy atom. The van der Waals surface area contributed by atoms with E-state index in [0.29, 0.717) is 12.1 Å². The van der Waals surface area contributed by atoms with E-state index in [-0.39, 0.29) is 0 Å². The molecule has 0 bridgehead atoms. The summed E-state index contributed by atoms with van der Waals surface area (Å²) in [5.41, 5.74) is 2.76. The van der Waals surface area contributed by atoms with E-state index >= 15 is 0 Å². The minimum Gasteiger partial charge on any atom is -0.337 e. The summed E-state index contributed by atoms with van der Waals surface area (Å²) in [7, 11) is 4.30. The molecule has 0 saturated heterocycles. The summed E-state index contributed by atoms with van der Waals surface area (Å²) >= 11 is 0. The lowest BCUT2D eigenvalue weighted by atomic mass is 9.93. The summed E-state index contributed by atoms with van der Waals surface area (Å²) < 4.78 is 0. The molecule has 0 fully saturated rings. The topological polar surface area (TPSA) is 33.2 Å². The van der Waals surface area contributed by atoms with Crippen molar-refractivity contribution >= 4 is 0 Å². The number of likely N-dealkylation sites (N-methyl/N-ethyl adjacent to an activating group) is 2. The van der Waals surface area contributed by atoms with E-state index in [9.17, 15) is 0 Å². The molecule has 0 unspecified atom stereocenters. The van der Waals surface area contributed by atoms with Crippen LogP contribution in [-0.4, -0.2) is 14.1 Å². The van der Waals surface area contributed by atoms with Crippen molar-refractivity contribution in [2.75, 3.05) is 14.1 Å². The standard InChI is InChI=1S/C16H20N2/c1-17-15(13-9-5-3-6-10-13)16(18-2)14-11-7-4-8-12-14/h3-12,15-18H,1-2H3/p+2/t15-,16-/m0/s1. The van der Waals surface area contributed by atoms with Gasteiger partial charge in [-0.3, -0.25) is 0 Å². The summed E-state index contributed by atoms with van der Waals surface area (Å²) in [6.45, 7) is 0. The first-order valence-corrected chi connectivity index (χ1v) is 6.55. The molecule has 18 heavy (non-hydrogen) atoms. The molecule has 94 valence electrons. The summed E-state index contributed by atoms with van der Waals surface area (Å²) in [5, 5.41) is 4.60. The molecule has 0 aliphatic carbocycles. The van der Waals surface area contributed by atoms with Gasteiger partial charge < -0.3 is 10.6 Å². The maximum absolute atomic E-state index is 2.30. The molecule has 2 atom stereocenters. The predicted octanol–water partition coefficient (Wildman–Crippen LogP) is 0.855. The van der Waals surface area contributed by atoms with Gasteiger partial charge in [0.15, 0.2) is 12.1 Å². The Morgan fingerprint density at radius 3 is 1.22 bits per heavy atom. The molecule has 0 amide bonds. The van der Waals surface area contributed by atoms with E-state index in [0.717, 1.165) is 0 Å². The van der Waals surface area contributed by atoms with Crippen molar-refractivity contribution in [3.05, 3.63) is 71.8 Å². The van der Waals surface area contributed by atoms with Crippen LogP contribution in [0.25, 0.3) is 0 Å². The lowest BCUT2D eigenvalue weighted by Crippen LogP contribution is -2.92. The minimum atomic E-state index is 0.443. The van der Waals surface area contributed by atoms with Crippen LogP contribution in [0.1, 0.15) is 23.2 Å². The molecule has 2 aromatic carbocycles. The zero-order valence-corrected chi connectivity index (χ0v) is 11.1. The molecule has 0 spiro atoms. The van der Waals surface area contributed by atoms with Crippen LogP contribution in [0.2, 0.25) is 0 Å². The second kappa shape index (κ2) is 6.34. The van der Waals surface area contributed by atoms with Gasteiger partial charge in [-0.25, -0.2) is 0 Å². The van der Waals surface area contributed by atoms with Gasteiger partial charge in [0.25, 0.3) is 0 Å². The van der Waals surface area contributed by atoms with Gasteiger partial charge >= 0.3 is 0 Å².